The van der Waals surface area contributed by atoms with E-state index < -0.39 is 0 Å². The standard InChI is InChI=1S/C17H11BrO4/c1-22-15-8-13(18)9(7-14(15)19)6-12-16(20)10-4-2-3-5-11(10)17(12)21/h2-8,19H,1H3. The molecule has 0 fully saturated rings. The van der Waals surface area contributed by atoms with Crippen LogP contribution in [0.25, 0.3) is 6.08 Å². The Morgan fingerprint density at radius 2 is 1.68 bits per heavy atom. The third-order valence-corrected chi connectivity index (χ3v) is 4.19. The molecule has 0 atom stereocenters. The van der Waals surface area contributed by atoms with Gasteiger partial charge in [0.05, 0.1) is 12.7 Å². The maximum absolute atomic E-state index is 12.3. The van der Waals surface area contributed by atoms with Crippen molar-refractivity contribution in [1.29, 1.82) is 0 Å². The largest absolute Gasteiger partial charge is 0.504 e. The zero-order valence-electron chi connectivity index (χ0n) is 11.6. The number of Topliss-reactive ketones (excluding diaryl/α,β-unsaturated/α-hetero) is 2. The summed E-state index contributed by atoms with van der Waals surface area (Å²) in [7, 11) is 1.44. The summed E-state index contributed by atoms with van der Waals surface area (Å²) in [5, 5.41) is 9.85. The van der Waals surface area contributed by atoms with Crippen LogP contribution >= 0.6 is 15.9 Å². The molecule has 2 aromatic carbocycles. The molecule has 22 heavy (non-hydrogen) atoms. The van der Waals surface area contributed by atoms with Crippen LogP contribution in [-0.2, 0) is 0 Å². The summed E-state index contributed by atoms with van der Waals surface area (Å²) >= 11 is 3.35. The third-order valence-electron chi connectivity index (χ3n) is 3.50. The molecule has 110 valence electrons. The number of aromatic hydroxyl groups is 1. The number of carbonyl (C=O) groups excluding carboxylic acids is 2. The highest BCUT2D eigenvalue weighted by molar-refractivity contribution is 9.10. The van der Waals surface area contributed by atoms with E-state index in [9.17, 15) is 14.7 Å². The van der Waals surface area contributed by atoms with Crippen molar-refractivity contribution in [2.45, 2.75) is 0 Å². The third kappa shape index (κ3) is 2.23. The van der Waals surface area contributed by atoms with E-state index in [-0.39, 0.29) is 22.9 Å². The number of hydrogen-bond acceptors (Lipinski definition) is 4. The highest BCUT2D eigenvalue weighted by Crippen LogP contribution is 2.35. The molecule has 1 N–H and O–H groups in total. The van der Waals surface area contributed by atoms with Gasteiger partial charge in [-0.25, -0.2) is 0 Å². The minimum atomic E-state index is -0.303. The number of methoxy groups -OCH3 is 1. The van der Waals surface area contributed by atoms with Crippen LogP contribution in [-0.4, -0.2) is 23.8 Å². The van der Waals surface area contributed by atoms with Gasteiger partial charge in [-0.05, 0) is 23.8 Å². The molecule has 1 aliphatic rings. The summed E-state index contributed by atoms with van der Waals surface area (Å²) < 4.78 is 5.63. The van der Waals surface area contributed by atoms with Crippen LogP contribution in [0.1, 0.15) is 26.3 Å². The molecule has 0 amide bonds. The van der Waals surface area contributed by atoms with E-state index in [2.05, 4.69) is 15.9 Å². The smallest absolute Gasteiger partial charge is 0.197 e. The molecule has 5 heteroatoms. The Kier molecular flexibility index (Phi) is 3.58. The van der Waals surface area contributed by atoms with Crippen molar-refractivity contribution in [2.24, 2.45) is 0 Å². The monoisotopic (exact) mass is 358 g/mol. The van der Waals surface area contributed by atoms with Gasteiger partial charge in [-0.3, -0.25) is 9.59 Å². The molecule has 0 saturated heterocycles. The second-order valence-corrected chi connectivity index (χ2v) is 5.66. The number of hydrogen-bond donors (Lipinski definition) is 1. The summed E-state index contributed by atoms with van der Waals surface area (Å²) in [5.74, 6) is -0.361. The Balaban J connectivity index is 2.10. The molecule has 0 bridgehead atoms. The Morgan fingerprint density at radius 3 is 2.23 bits per heavy atom. The molecule has 0 spiro atoms. The summed E-state index contributed by atoms with van der Waals surface area (Å²) in [5.41, 5.74) is 1.44. The van der Waals surface area contributed by atoms with E-state index in [1.165, 1.54) is 19.3 Å². The lowest BCUT2D eigenvalue weighted by Gasteiger charge is -2.06. The first kappa shape index (κ1) is 14.5. The quantitative estimate of drug-likeness (QED) is 0.657. The number of ether oxygens (including phenoxy) is 1. The minimum absolute atomic E-state index is 0.0621. The number of halogens is 1. The summed E-state index contributed by atoms with van der Waals surface area (Å²) in [6.07, 6.45) is 1.48. The molecule has 0 aliphatic heterocycles. The number of phenols is 1. The molecule has 3 rings (SSSR count). The average molecular weight is 359 g/mol. The number of allylic oxidation sites excluding steroid dienone is 1. The fraction of sp³-hybridized carbons (Fsp3) is 0.0588. The van der Waals surface area contributed by atoms with E-state index in [0.29, 0.717) is 26.9 Å². The molecule has 0 aromatic heterocycles. The van der Waals surface area contributed by atoms with Gasteiger partial charge in [0.1, 0.15) is 0 Å². The number of carbonyl (C=O) groups is 2. The first-order valence-corrected chi connectivity index (χ1v) is 7.29. The highest BCUT2D eigenvalue weighted by atomic mass is 79.9. The highest BCUT2D eigenvalue weighted by Gasteiger charge is 2.32. The molecule has 0 saturated carbocycles. The summed E-state index contributed by atoms with van der Waals surface area (Å²) in [6.45, 7) is 0. The summed E-state index contributed by atoms with van der Waals surface area (Å²) in [4.78, 5) is 24.7. The van der Waals surface area contributed by atoms with E-state index in [1.807, 2.05) is 0 Å². The van der Waals surface area contributed by atoms with Crippen molar-refractivity contribution in [3.8, 4) is 11.5 Å². The maximum atomic E-state index is 12.3. The molecule has 1 aliphatic carbocycles. The molecular formula is C17H11BrO4. The molecule has 0 heterocycles. The van der Waals surface area contributed by atoms with Gasteiger partial charge < -0.3 is 9.84 Å². The van der Waals surface area contributed by atoms with Crippen molar-refractivity contribution < 1.29 is 19.4 Å². The van der Waals surface area contributed by atoms with Crippen LogP contribution in [0.15, 0.2) is 46.4 Å². The lowest BCUT2D eigenvalue weighted by molar-refractivity contribution is 0.0990. The second-order valence-electron chi connectivity index (χ2n) is 4.81. The van der Waals surface area contributed by atoms with Gasteiger partial charge in [0.25, 0.3) is 0 Å². The first-order valence-electron chi connectivity index (χ1n) is 6.49. The lowest BCUT2D eigenvalue weighted by atomic mass is 10.1. The topological polar surface area (TPSA) is 63.6 Å². The van der Waals surface area contributed by atoms with Crippen LogP contribution in [0.2, 0.25) is 0 Å². The van der Waals surface area contributed by atoms with Gasteiger partial charge in [0.15, 0.2) is 23.1 Å². The molecule has 0 unspecified atom stereocenters. The van der Waals surface area contributed by atoms with Gasteiger partial charge >= 0.3 is 0 Å². The van der Waals surface area contributed by atoms with E-state index >= 15 is 0 Å². The predicted molar refractivity (Wildman–Crippen MR) is 85.4 cm³/mol. The van der Waals surface area contributed by atoms with Crippen LogP contribution in [0.4, 0.5) is 0 Å². The Morgan fingerprint density at radius 1 is 1.09 bits per heavy atom. The number of rotatable bonds is 2. The lowest BCUT2D eigenvalue weighted by Crippen LogP contribution is -2.00. The predicted octanol–water partition coefficient (Wildman–Crippen LogP) is 3.63. The fourth-order valence-corrected chi connectivity index (χ4v) is 2.83. The van der Waals surface area contributed by atoms with Gasteiger partial charge in [0.2, 0.25) is 0 Å². The molecule has 2 aromatic rings. The van der Waals surface area contributed by atoms with Gasteiger partial charge in [-0.15, -0.1) is 0 Å². The van der Waals surface area contributed by atoms with Crippen molar-refractivity contribution in [2.75, 3.05) is 7.11 Å². The SMILES string of the molecule is COc1cc(Br)c(C=C2C(=O)c3ccccc3C2=O)cc1O. The number of fused-ring (bicyclic) bond motifs is 1. The molecular weight excluding hydrogens is 348 g/mol. The Labute approximate surface area is 135 Å². The van der Waals surface area contributed by atoms with Crippen molar-refractivity contribution in [3.63, 3.8) is 0 Å². The van der Waals surface area contributed by atoms with Crippen LogP contribution in [0.5, 0.6) is 11.5 Å². The Bertz CT molecular complexity index is 800. The number of ketones is 2. The van der Waals surface area contributed by atoms with E-state index in [4.69, 9.17) is 4.74 Å². The Hall–Kier alpha value is -2.40. The number of phenolic OH excluding ortho intramolecular Hbond substituents is 1. The zero-order chi connectivity index (χ0) is 15.9. The molecule has 0 radical (unpaired) electrons. The van der Waals surface area contributed by atoms with Gasteiger partial charge in [0, 0.05) is 15.6 Å². The van der Waals surface area contributed by atoms with E-state index in [0.717, 1.165) is 0 Å². The normalized spacial score (nSPS) is 13.3. The average Bonchev–Trinajstić information content (AvgIpc) is 2.76. The molecule has 4 nitrogen and oxygen atoms in total. The number of benzene rings is 2. The summed E-state index contributed by atoms with van der Waals surface area (Å²) in [6, 6.07) is 9.75. The fourth-order valence-electron chi connectivity index (χ4n) is 2.39. The van der Waals surface area contributed by atoms with Crippen molar-refractivity contribution in [3.05, 3.63) is 63.1 Å². The minimum Gasteiger partial charge on any atom is -0.504 e. The van der Waals surface area contributed by atoms with E-state index in [1.54, 1.807) is 30.3 Å². The zero-order valence-corrected chi connectivity index (χ0v) is 13.2. The van der Waals surface area contributed by atoms with Crippen molar-refractivity contribution in [1.82, 2.24) is 0 Å². The maximum Gasteiger partial charge on any atom is 0.197 e. The van der Waals surface area contributed by atoms with Crippen molar-refractivity contribution >= 4 is 33.6 Å². The van der Waals surface area contributed by atoms with Crippen LogP contribution in [0, 0.1) is 0 Å². The second kappa shape index (κ2) is 5.42. The van der Waals surface area contributed by atoms with Crippen LogP contribution in [0.3, 0.4) is 0 Å². The first-order chi connectivity index (χ1) is 10.5. The van der Waals surface area contributed by atoms with Gasteiger partial charge in [-0.2, -0.15) is 0 Å². The van der Waals surface area contributed by atoms with Gasteiger partial charge in [-0.1, -0.05) is 40.2 Å². The van der Waals surface area contributed by atoms with Crippen LogP contribution < -0.4 is 4.74 Å².